The van der Waals surface area contributed by atoms with E-state index in [1.807, 2.05) is 37.5 Å². The van der Waals surface area contributed by atoms with Crippen molar-refractivity contribution in [3.8, 4) is 5.75 Å². The van der Waals surface area contributed by atoms with Gasteiger partial charge in [0.25, 0.3) is 0 Å². The minimum absolute atomic E-state index is 0.509. The Balaban J connectivity index is 2.08. The standard InChI is InChI=1S/C16H19ClN2O/c1-3-18-10-14-7-15(17)4-5-16(14)20-11-13-6-12(2)8-19-9-13/h4-9,18H,3,10-11H2,1-2H3. The molecule has 4 heteroatoms. The number of aryl methyl sites for hydroxylation is 1. The van der Waals surface area contributed by atoms with Gasteiger partial charge in [0.05, 0.1) is 0 Å². The zero-order chi connectivity index (χ0) is 14.4. The van der Waals surface area contributed by atoms with E-state index in [1.54, 1.807) is 0 Å². The number of pyridine rings is 1. The second kappa shape index (κ2) is 7.27. The largest absolute Gasteiger partial charge is 0.489 e. The van der Waals surface area contributed by atoms with Crippen molar-refractivity contribution in [2.75, 3.05) is 6.54 Å². The maximum atomic E-state index is 6.04. The van der Waals surface area contributed by atoms with Gasteiger partial charge in [-0.2, -0.15) is 0 Å². The number of rotatable bonds is 6. The predicted molar refractivity (Wildman–Crippen MR) is 82.1 cm³/mol. The minimum atomic E-state index is 0.509. The summed E-state index contributed by atoms with van der Waals surface area (Å²) in [6.45, 7) is 6.26. The van der Waals surface area contributed by atoms with E-state index >= 15 is 0 Å². The minimum Gasteiger partial charge on any atom is -0.489 e. The molecule has 0 radical (unpaired) electrons. The Labute approximate surface area is 124 Å². The zero-order valence-electron chi connectivity index (χ0n) is 11.8. The van der Waals surface area contributed by atoms with Crippen LogP contribution in [-0.4, -0.2) is 11.5 Å². The van der Waals surface area contributed by atoms with Crippen LogP contribution in [0.25, 0.3) is 0 Å². The number of hydrogen-bond donors (Lipinski definition) is 1. The van der Waals surface area contributed by atoms with Crippen molar-refractivity contribution in [2.45, 2.75) is 27.0 Å². The fourth-order valence-electron chi connectivity index (χ4n) is 1.94. The quantitative estimate of drug-likeness (QED) is 0.880. The number of ether oxygens (including phenoxy) is 1. The molecule has 0 aliphatic carbocycles. The number of halogens is 1. The lowest BCUT2D eigenvalue weighted by Crippen LogP contribution is -2.13. The molecule has 0 amide bonds. The van der Waals surface area contributed by atoms with Crippen LogP contribution in [0.4, 0.5) is 0 Å². The van der Waals surface area contributed by atoms with Crippen molar-refractivity contribution in [1.29, 1.82) is 0 Å². The van der Waals surface area contributed by atoms with Crippen LogP contribution >= 0.6 is 11.6 Å². The first-order valence-corrected chi connectivity index (χ1v) is 7.09. The first-order valence-electron chi connectivity index (χ1n) is 6.71. The van der Waals surface area contributed by atoms with Gasteiger partial charge in [-0.1, -0.05) is 18.5 Å². The molecule has 3 nitrogen and oxygen atoms in total. The van der Waals surface area contributed by atoms with Crippen molar-refractivity contribution in [3.63, 3.8) is 0 Å². The smallest absolute Gasteiger partial charge is 0.124 e. The number of hydrogen-bond acceptors (Lipinski definition) is 3. The summed E-state index contributed by atoms with van der Waals surface area (Å²) >= 11 is 6.04. The Morgan fingerprint density at radius 1 is 1.25 bits per heavy atom. The molecule has 0 fully saturated rings. The summed E-state index contributed by atoms with van der Waals surface area (Å²) in [7, 11) is 0. The van der Waals surface area contributed by atoms with Gasteiger partial charge in [-0.3, -0.25) is 4.98 Å². The van der Waals surface area contributed by atoms with E-state index < -0.39 is 0 Å². The fourth-order valence-corrected chi connectivity index (χ4v) is 2.14. The summed E-state index contributed by atoms with van der Waals surface area (Å²) in [5.74, 6) is 0.858. The Morgan fingerprint density at radius 3 is 2.85 bits per heavy atom. The van der Waals surface area contributed by atoms with E-state index in [4.69, 9.17) is 16.3 Å². The Bertz CT molecular complexity index is 572. The molecule has 0 spiro atoms. The van der Waals surface area contributed by atoms with Gasteiger partial charge in [-0.25, -0.2) is 0 Å². The Hall–Kier alpha value is -1.58. The summed E-state index contributed by atoms with van der Waals surface area (Å²) in [6.07, 6.45) is 3.66. The molecular weight excluding hydrogens is 272 g/mol. The van der Waals surface area contributed by atoms with Gasteiger partial charge in [0, 0.05) is 35.1 Å². The topological polar surface area (TPSA) is 34.1 Å². The maximum absolute atomic E-state index is 6.04. The maximum Gasteiger partial charge on any atom is 0.124 e. The van der Waals surface area contributed by atoms with Crippen LogP contribution < -0.4 is 10.1 Å². The lowest BCUT2D eigenvalue weighted by molar-refractivity contribution is 0.301. The highest BCUT2D eigenvalue weighted by Gasteiger charge is 2.05. The molecule has 0 saturated heterocycles. The lowest BCUT2D eigenvalue weighted by atomic mass is 10.2. The molecule has 0 atom stereocenters. The number of nitrogens with one attached hydrogen (secondary N) is 1. The number of benzene rings is 1. The molecule has 0 bridgehead atoms. The lowest BCUT2D eigenvalue weighted by Gasteiger charge is -2.12. The van der Waals surface area contributed by atoms with E-state index in [0.717, 1.165) is 40.6 Å². The molecule has 0 unspecified atom stereocenters. The Kier molecular flexibility index (Phi) is 5.39. The van der Waals surface area contributed by atoms with Gasteiger partial charge in [0.15, 0.2) is 0 Å². The highest BCUT2D eigenvalue weighted by molar-refractivity contribution is 6.30. The van der Waals surface area contributed by atoms with E-state index in [-0.39, 0.29) is 0 Å². The van der Waals surface area contributed by atoms with E-state index in [9.17, 15) is 0 Å². The van der Waals surface area contributed by atoms with Gasteiger partial charge in [0.2, 0.25) is 0 Å². The molecule has 0 saturated carbocycles. The van der Waals surface area contributed by atoms with E-state index in [0.29, 0.717) is 6.61 Å². The summed E-state index contributed by atoms with van der Waals surface area (Å²) in [5.41, 5.74) is 3.27. The van der Waals surface area contributed by atoms with E-state index in [1.165, 1.54) is 0 Å². The average Bonchev–Trinajstić information content (AvgIpc) is 2.44. The first-order chi connectivity index (χ1) is 9.69. The third-order valence-corrected chi connectivity index (χ3v) is 3.15. The average molecular weight is 291 g/mol. The highest BCUT2D eigenvalue weighted by Crippen LogP contribution is 2.23. The summed E-state index contributed by atoms with van der Waals surface area (Å²) in [6, 6.07) is 7.78. The van der Waals surface area contributed by atoms with Crippen molar-refractivity contribution in [2.24, 2.45) is 0 Å². The highest BCUT2D eigenvalue weighted by atomic mass is 35.5. The normalized spacial score (nSPS) is 10.6. The van der Waals surface area contributed by atoms with Gasteiger partial charge in [0.1, 0.15) is 12.4 Å². The molecule has 1 aromatic carbocycles. The molecule has 2 rings (SSSR count). The monoisotopic (exact) mass is 290 g/mol. The third-order valence-electron chi connectivity index (χ3n) is 2.91. The second-order valence-corrected chi connectivity index (χ2v) is 5.13. The van der Waals surface area contributed by atoms with Crippen LogP contribution in [0.2, 0.25) is 5.02 Å². The van der Waals surface area contributed by atoms with Crippen molar-refractivity contribution in [3.05, 3.63) is 58.4 Å². The van der Waals surface area contributed by atoms with Crippen LogP contribution in [0.5, 0.6) is 5.75 Å². The van der Waals surface area contributed by atoms with Crippen LogP contribution in [0.15, 0.2) is 36.7 Å². The van der Waals surface area contributed by atoms with Gasteiger partial charge in [-0.05, 0) is 43.3 Å². The molecule has 2 aromatic rings. The van der Waals surface area contributed by atoms with Crippen LogP contribution in [-0.2, 0) is 13.2 Å². The predicted octanol–water partition coefficient (Wildman–Crippen LogP) is 3.73. The van der Waals surface area contributed by atoms with Crippen molar-refractivity contribution < 1.29 is 4.74 Å². The van der Waals surface area contributed by atoms with Crippen molar-refractivity contribution >= 4 is 11.6 Å². The van der Waals surface area contributed by atoms with Gasteiger partial charge < -0.3 is 10.1 Å². The van der Waals surface area contributed by atoms with Gasteiger partial charge >= 0.3 is 0 Å². The Morgan fingerprint density at radius 2 is 2.10 bits per heavy atom. The van der Waals surface area contributed by atoms with Crippen LogP contribution in [0.3, 0.4) is 0 Å². The molecule has 1 N–H and O–H groups in total. The van der Waals surface area contributed by atoms with Crippen LogP contribution in [0, 0.1) is 6.92 Å². The van der Waals surface area contributed by atoms with Crippen molar-refractivity contribution in [1.82, 2.24) is 10.3 Å². The fraction of sp³-hybridized carbons (Fsp3) is 0.312. The molecule has 1 heterocycles. The molecule has 0 aliphatic rings. The summed E-state index contributed by atoms with van der Waals surface area (Å²) < 4.78 is 5.89. The molecule has 20 heavy (non-hydrogen) atoms. The molecule has 0 aliphatic heterocycles. The molecule has 1 aromatic heterocycles. The number of nitrogens with zero attached hydrogens (tertiary/aromatic N) is 1. The van der Waals surface area contributed by atoms with Gasteiger partial charge in [-0.15, -0.1) is 0 Å². The third kappa shape index (κ3) is 4.22. The zero-order valence-corrected chi connectivity index (χ0v) is 12.6. The summed E-state index contributed by atoms with van der Waals surface area (Å²) in [5, 5.41) is 4.01. The number of aromatic nitrogens is 1. The second-order valence-electron chi connectivity index (χ2n) is 4.69. The first kappa shape index (κ1) is 14.8. The summed E-state index contributed by atoms with van der Waals surface area (Å²) in [4.78, 5) is 4.17. The van der Waals surface area contributed by atoms with Crippen LogP contribution in [0.1, 0.15) is 23.6 Å². The van der Waals surface area contributed by atoms with E-state index in [2.05, 4.69) is 23.3 Å². The molecular formula is C16H19ClN2O. The SMILES string of the molecule is CCNCc1cc(Cl)ccc1OCc1cncc(C)c1. The molecule has 106 valence electrons.